The summed E-state index contributed by atoms with van der Waals surface area (Å²) in [6.45, 7) is 5.80. The van der Waals surface area contributed by atoms with Crippen molar-refractivity contribution in [3.8, 4) is 0 Å². The maximum Gasteiger partial charge on any atom is 0.164 e. The zero-order valence-corrected chi connectivity index (χ0v) is 18.3. The van der Waals surface area contributed by atoms with Gasteiger partial charge in [-0.25, -0.2) is 9.97 Å². The zero-order valence-electron chi connectivity index (χ0n) is 16.8. The van der Waals surface area contributed by atoms with Crippen molar-refractivity contribution < 1.29 is 14.2 Å². The first-order valence-corrected chi connectivity index (χ1v) is 10.5. The van der Waals surface area contributed by atoms with Crippen LogP contribution in [0.4, 0.5) is 5.82 Å². The third-order valence-electron chi connectivity index (χ3n) is 5.79. The second-order valence-electron chi connectivity index (χ2n) is 8.43. The number of aromatic nitrogens is 3. The van der Waals surface area contributed by atoms with Gasteiger partial charge in [0.2, 0.25) is 0 Å². The van der Waals surface area contributed by atoms with Crippen LogP contribution in [0.2, 0.25) is 10.0 Å². The van der Waals surface area contributed by atoms with Crippen molar-refractivity contribution in [2.45, 2.75) is 56.9 Å². The molecule has 2 saturated heterocycles. The van der Waals surface area contributed by atoms with Crippen molar-refractivity contribution in [3.05, 3.63) is 51.9 Å². The first-order valence-electron chi connectivity index (χ1n) is 9.74. The summed E-state index contributed by atoms with van der Waals surface area (Å²) in [5.74, 6) is 0.101. The van der Waals surface area contributed by atoms with E-state index in [1.165, 1.54) is 0 Å². The standard InChI is InChI=1S/C21H22Cl2N4O3/c1-20(2)29-16-15(19-26-17(24)11-6-7-25-18(11)27-19)28-14(21(16,3)30-20)9-10-4-5-12(22)13(23)8-10/h4-8,14-16H,9H2,1-3H3,(H3,24,25,26,27)/t14-,15+,16-,21-/m1/s1. The van der Waals surface area contributed by atoms with Crippen LogP contribution in [-0.4, -0.2) is 38.5 Å². The Balaban J connectivity index is 1.53. The first-order chi connectivity index (χ1) is 14.2. The van der Waals surface area contributed by atoms with Crippen LogP contribution >= 0.6 is 23.2 Å². The van der Waals surface area contributed by atoms with E-state index >= 15 is 0 Å². The molecule has 4 heterocycles. The van der Waals surface area contributed by atoms with Crippen molar-refractivity contribution in [3.63, 3.8) is 0 Å². The number of hydrogen-bond donors (Lipinski definition) is 2. The van der Waals surface area contributed by atoms with Crippen molar-refractivity contribution in [1.29, 1.82) is 0 Å². The number of nitrogen functional groups attached to an aromatic ring is 1. The van der Waals surface area contributed by atoms with Gasteiger partial charge in [-0.1, -0.05) is 29.3 Å². The molecule has 158 valence electrons. The number of nitrogens with two attached hydrogens (primary N) is 1. The number of aromatic amines is 1. The Kier molecular flexibility index (Phi) is 4.54. The fourth-order valence-electron chi connectivity index (χ4n) is 4.47. The van der Waals surface area contributed by atoms with E-state index in [2.05, 4.69) is 15.0 Å². The minimum absolute atomic E-state index is 0.310. The Morgan fingerprint density at radius 1 is 1.13 bits per heavy atom. The van der Waals surface area contributed by atoms with E-state index in [-0.39, 0.29) is 6.10 Å². The molecule has 9 heteroatoms. The van der Waals surface area contributed by atoms with Gasteiger partial charge in [0, 0.05) is 12.6 Å². The Labute approximate surface area is 183 Å². The van der Waals surface area contributed by atoms with Crippen LogP contribution in [0.25, 0.3) is 11.0 Å². The Bertz CT molecular complexity index is 1130. The van der Waals surface area contributed by atoms with Crippen molar-refractivity contribution in [2.24, 2.45) is 0 Å². The summed E-state index contributed by atoms with van der Waals surface area (Å²) in [5.41, 5.74) is 7.10. The predicted molar refractivity (Wildman–Crippen MR) is 115 cm³/mol. The van der Waals surface area contributed by atoms with Gasteiger partial charge in [-0.3, -0.25) is 0 Å². The molecule has 4 atom stereocenters. The van der Waals surface area contributed by atoms with Gasteiger partial charge in [0.15, 0.2) is 11.6 Å². The number of nitrogens with zero attached hydrogens (tertiary/aromatic N) is 2. The molecule has 3 N–H and O–H groups in total. The maximum atomic E-state index is 6.44. The predicted octanol–water partition coefficient (Wildman–Crippen LogP) is 4.44. The molecule has 2 fully saturated rings. The summed E-state index contributed by atoms with van der Waals surface area (Å²) in [7, 11) is 0. The largest absolute Gasteiger partial charge is 0.383 e. The molecule has 7 nitrogen and oxygen atoms in total. The second-order valence-corrected chi connectivity index (χ2v) is 9.24. The van der Waals surface area contributed by atoms with Crippen molar-refractivity contribution in [2.75, 3.05) is 5.73 Å². The lowest BCUT2D eigenvalue weighted by molar-refractivity contribution is -0.203. The molecule has 0 saturated carbocycles. The number of anilines is 1. The molecule has 30 heavy (non-hydrogen) atoms. The topological polar surface area (TPSA) is 95.3 Å². The van der Waals surface area contributed by atoms with Crippen molar-refractivity contribution >= 4 is 40.1 Å². The molecular formula is C21H22Cl2N4O3. The van der Waals surface area contributed by atoms with Gasteiger partial charge in [0.25, 0.3) is 0 Å². The van der Waals surface area contributed by atoms with E-state index in [0.717, 1.165) is 10.9 Å². The average Bonchev–Trinajstić information content (AvgIpc) is 3.30. The van der Waals surface area contributed by atoms with Gasteiger partial charge in [0.05, 0.1) is 21.5 Å². The summed E-state index contributed by atoms with van der Waals surface area (Å²) in [4.78, 5) is 12.2. The van der Waals surface area contributed by atoms with Gasteiger partial charge in [-0.2, -0.15) is 0 Å². The highest BCUT2D eigenvalue weighted by atomic mass is 35.5. The third kappa shape index (κ3) is 3.16. The number of halogens is 2. The Hall–Kier alpha value is -1.90. The molecule has 0 spiro atoms. The Morgan fingerprint density at radius 3 is 2.70 bits per heavy atom. The number of benzene rings is 1. The zero-order chi connectivity index (χ0) is 21.3. The third-order valence-corrected chi connectivity index (χ3v) is 6.53. The van der Waals surface area contributed by atoms with E-state index in [4.69, 9.17) is 43.1 Å². The summed E-state index contributed by atoms with van der Waals surface area (Å²) >= 11 is 12.3. The number of rotatable bonds is 3. The monoisotopic (exact) mass is 448 g/mol. The number of H-pyrrole nitrogens is 1. The molecule has 2 aliphatic rings. The summed E-state index contributed by atoms with van der Waals surface area (Å²) < 4.78 is 19.1. The van der Waals surface area contributed by atoms with Crippen LogP contribution in [0.3, 0.4) is 0 Å². The molecule has 0 radical (unpaired) electrons. The molecule has 0 amide bonds. The average molecular weight is 449 g/mol. The lowest BCUT2D eigenvalue weighted by Gasteiger charge is -2.29. The van der Waals surface area contributed by atoms with Crippen molar-refractivity contribution in [1.82, 2.24) is 15.0 Å². The first kappa shape index (κ1) is 20.0. The van der Waals surface area contributed by atoms with E-state index in [1.807, 2.05) is 39.0 Å². The van der Waals surface area contributed by atoms with Gasteiger partial charge in [-0.05, 0) is 44.5 Å². The SMILES string of the molecule is CC1(C)O[C@@H]2[C@@H](c3nc(N)c4cc[nH]c4n3)O[C@H](Cc3ccc(Cl)c(Cl)c3)[C@@]2(C)O1. The van der Waals surface area contributed by atoms with Gasteiger partial charge < -0.3 is 24.9 Å². The van der Waals surface area contributed by atoms with E-state index in [1.54, 1.807) is 12.3 Å². The lowest BCUT2D eigenvalue weighted by Crippen LogP contribution is -2.44. The number of fused-ring (bicyclic) bond motifs is 2. The minimum Gasteiger partial charge on any atom is -0.383 e. The summed E-state index contributed by atoms with van der Waals surface area (Å²) in [6, 6.07) is 7.41. The highest BCUT2D eigenvalue weighted by Crippen LogP contribution is 2.52. The van der Waals surface area contributed by atoms with Gasteiger partial charge in [-0.15, -0.1) is 0 Å². The van der Waals surface area contributed by atoms with Crippen LogP contribution in [0.1, 0.15) is 38.3 Å². The summed E-state index contributed by atoms with van der Waals surface area (Å²) in [5, 5.41) is 1.79. The van der Waals surface area contributed by atoms with Gasteiger partial charge >= 0.3 is 0 Å². The Morgan fingerprint density at radius 2 is 1.93 bits per heavy atom. The highest BCUT2D eigenvalue weighted by Gasteiger charge is 2.64. The van der Waals surface area contributed by atoms with E-state index < -0.39 is 23.6 Å². The number of hydrogen-bond acceptors (Lipinski definition) is 6. The maximum absolute atomic E-state index is 6.44. The molecule has 0 bridgehead atoms. The molecule has 0 aliphatic carbocycles. The molecule has 0 unspecified atom stereocenters. The van der Waals surface area contributed by atoms with Gasteiger partial charge in [0.1, 0.15) is 29.3 Å². The number of ether oxygens (including phenoxy) is 3. The fourth-order valence-corrected chi connectivity index (χ4v) is 4.79. The molecule has 2 aliphatic heterocycles. The van der Waals surface area contributed by atoms with Crippen LogP contribution in [-0.2, 0) is 20.6 Å². The molecule has 1 aromatic carbocycles. The molecule has 5 rings (SSSR count). The van der Waals surface area contributed by atoms with Crippen LogP contribution in [0, 0.1) is 0 Å². The van der Waals surface area contributed by atoms with Crippen LogP contribution in [0.15, 0.2) is 30.5 Å². The van der Waals surface area contributed by atoms with Crippen LogP contribution < -0.4 is 5.73 Å². The molecule has 3 aromatic rings. The number of nitrogens with one attached hydrogen (secondary N) is 1. The highest BCUT2D eigenvalue weighted by molar-refractivity contribution is 6.42. The smallest absolute Gasteiger partial charge is 0.164 e. The lowest BCUT2D eigenvalue weighted by atomic mass is 9.89. The fraction of sp³-hybridized carbons (Fsp3) is 0.429. The quantitative estimate of drug-likeness (QED) is 0.614. The van der Waals surface area contributed by atoms with Crippen LogP contribution in [0.5, 0.6) is 0 Å². The second kappa shape index (κ2) is 6.80. The van der Waals surface area contributed by atoms with E-state index in [9.17, 15) is 0 Å². The molecule has 2 aromatic heterocycles. The summed E-state index contributed by atoms with van der Waals surface area (Å²) in [6.07, 6.45) is 1.12. The van der Waals surface area contributed by atoms with E-state index in [0.29, 0.717) is 33.8 Å². The normalized spacial score (nSPS) is 30.1. The minimum atomic E-state index is -0.764. The molecular weight excluding hydrogens is 427 g/mol.